The Hall–Kier alpha value is -1.11. The van der Waals surface area contributed by atoms with E-state index in [1.54, 1.807) is 0 Å². The Morgan fingerprint density at radius 1 is 0.824 bits per heavy atom. The maximum Gasteiger partial charge on any atom is 0.106 e. The van der Waals surface area contributed by atoms with Gasteiger partial charge in [0, 0.05) is 0 Å². The first-order chi connectivity index (χ1) is 8.43. The molecule has 0 N–H and O–H groups in total. The van der Waals surface area contributed by atoms with Crippen molar-refractivity contribution >= 4 is 6.79 Å². The first kappa shape index (κ1) is 24.9. The molecule has 0 amide bonds. The van der Waals surface area contributed by atoms with E-state index < -0.39 is 0 Å². The molecule has 0 aliphatic carbocycles. The minimum Gasteiger partial charge on any atom is -0.307 e. The molecule has 0 atom stereocenters. The first-order valence-electron chi connectivity index (χ1n) is 6.76. The topological polar surface area (TPSA) is 17.1 Å². The summed E-state index contributed by atoms with van der Waals surface area (Å²) < 4.78 is 0. The van der Waals surface area contributed by atoms with Crippen molar-refractivity contribution in [3.8, 4) is 0 Å². The summed E-state index contributed by atoms with van der Waals surface area (Å²) in [6, 6.07) is 10.6. The van der Waals surface area contributed by atoms with Crippen molar-refractivity contribution in [2.75, 3.05) is 0 Å². The number of carbonyl (C=O) groups excluding carboxylic acids is 1. The zero-order valence-electron chi connectivity index (χ0n) is 12.9. The highest BCUT2D eigenvalue weighted by atomic mass is 16.1. The Morgan fingerprint density at radius 3 is 1.47 bits per heavy atom. The molecule has 17 heavy (non-hydrogen) atoms. The molecular formula is C16H32O. The van der Waals surface area contributed by atoms with Gasteiger partial charge in [0.05, 0.1) is 0 Å². The summed E-state index contributed by atoms with van der Waals surface area (Å²) in [6.45, 7) is 16.2. The van der Waals surface area contributed by atoms with E-state index in [1.807, 2.05) is 48.3 Å². The van der Waals surface area contributed by atoms with Crippen LogP contribution in [0.2, 0.25) is 0 Å². The highest BCUT2D eigenvalue weighted by Gasteiger charge is 1.84. The lowest BCUT2D eigenvalue weighted by molar-refractivity contribution is -0.0979. The molecule has 102 valence electrons. The van der Waals surface area contributed by atoms with Crippen LogP contribution in [-0.4, -0.2) is 6.79 Å². The molecule has 0 saturated carbocycles. The zero-order chi connectivity index (χ0) is 14.5. The van der Waals surface area contributed by atoms with Crippen molar-refractivity contribution in [2.24, 2.45) is 0 Å². The smallest absolute Gasteiger partial charge is 0.106 e. The van der Waals surface area contributed by atoms with E-state index in [4.69, 9.17) is 4.79 Å². The lowest BCUT2D eigenvalue weighted by Gasteiger charge is -1.93. The maximum atomic E-state index is 8.00. The zero-order valence-corrected chi connectivity index (χ0v) is 12.9. The van der Waals surface area contributed by atoms with Gasteiger partial charge < -0.3 is 4.79 Å². The van der Waals surface area contributed by atoms with Crippen LogP contribution in [-0.2, 0) is 11.2 Å². The number of hydrogen-bond donors (Lipinski definition) is 0. The lowest BCUT2D eigenvalue weighted by atomic mass is 10.1. The number of hydrogen-bond acceptors (Lipinski definition) is 1. The largest absolute Gasteiger partial charge is 0.307 e. The molecule has 0 aliphatic heterocycles. The second kappa shape index (κ2) is 36.3. The van der Waals surface area contributed by atoms with Crippen LogP contribution in [0.3, 0.4) is 0 Å². The van der Waals surface area contributed by atoms with E-state index in [-0.39, 0.29) is 0 Å². The van der Waals surface area contributed by atoms with Crippen molar-refractivity contribution in [3.05, 3.63) is 35.9 Å². The molecular weight excluding hydrogens is 208 g/mol. The highest BCUT2D eigenvalue weighted by molar-refractivity contribution is 5.14. The molecule has 1 aromatic carbocycles. The quantitative estimate of drug-likeness (QED) is 0.664. The van der Waals surface area contributed by atoms with Gasteiger partial charge in [-0.2, -0.15) is 0 Å². The van der Waals surface area contributed by atoms with Gasteiger partial charge in [0.1, 0.15) is 6.79 Å². The fourth-order valence-electron chi connectivity index (χ4n) is 0.933. The third-order valence-electron chi connectivity index (χ3n) is 1.38. The van der Waals surface area contributed by atoms with Crippen molar-refractivity contribution in [1.29, 1.82) is 0 Å². The summed E-state index contributed by atoms with van der Waals surface area (Å²) in [4.78, 5) is 8.00. The molecule has 1 rings (SSSR count). The van der Waals surface area contributed by atoms with Crippen molar-refractivity contribution in [2.45, 2.75) is 61.3 Å². The second-order valence-electron chi connectivity index (χ2n) is 2.24. The Balaban J connectivity index is -0.0000000905. The predicted octanol–water partition coefficient (Wildman–Crippen LogP) is 5.53. The summed E-state index contributed by atoms with van der Waals surface area (Å²) in [6.07, 6.45) is 2.45. The number of aryl methyl sites for hydroxylation is 1. The van der Waals surface area contributed by atoms with E-state index >= 15 is 0 Å². The highest BCUT2D eigenvalue weighted by Crippen LogP contribution is 2.00. The minimum absolute atomic E-state index is 1.21. The predicted molar refractivity (Wildman–Crippen MR) is 81.6 cm³/mol. The van der Waals surface area contributed by atoms with Crippen molar-refractivity contribution in [1.82, 2.24) is 0 Å². The van der Waals surface area contributed by atoms with Crippen LogP contribution in [0.15, 0.2) is 30.3 Å². The van der Waals surface area contributed by atoms with Gasteiger partial charge in [-0.15, -0.1) is 0 Å². The molecule has 1 heteroatoms. The van der Waals surface area contributed by atoms with Crippen LogP contribution < -0.4 is 0 Å². The van der Waals surface area contributed by atoms with Gasteiger partial charge >= 0.3 is 0 Å². The van der Waals surface area contributed by atoms with Crippen LogP contribution in [0.5, 0.6) is 0 Å². The molecule has 0 spiro atoms. The van der Waals surface area contributed by atoms with E-state index in [0.717, 1.165) is 0 Å². The minimum atomic E-state index is 1.21. The molecule has 0 aromatic heterocycles. The molecule has 0 saturated heterocycles. The van der Waals surface area contributed by atoms with Crippen LogP contribution in [0.4, 0.5) is 0 Å². The number of carbonyl (C=O) groups is 1. The standard InChI is InChI=1S/C9H12.3C2H6.CH2O/c1-2-6-9-7-4-3-5-8-9;4*1-2/h3-5,7-8H,2,6H2,1H3;3*1-2H3;1H2. The Labute approximate surface area is 109 Å². The van der Waals surface area contributed by atoms with Gasteiger partial charge in [0.25, 0.3) is 0 Å². The summed E-state index contributed by atoms with van der Waals surface area (Å²) >= 11 is 0. The van der Waals surface area contributed by atoms with Gasteiger partial charge in [-0.25, -0.2) is 0 Å². The van der Waals surface area contributed by atoms with Crippen LogP contribution in [0.1, 0.15) is 60.5 Å². The van der Waals surface area contributed by atoms with Gasteiger partial charge in [-0.05, 0) is 12.0 Å². The van der Waals surface area contributed by atoms with Gasteiger partial charge in [-0.3, -0.25) is 0 Å². The molecule has 1 aromatic rings. The third-order valence-corrected chi connectivity index (χ3v) is 1.38. The second-order valence-corrected chi connectivity index (χ2v) is 2.24. The Bertz CT molecular complexity index is 170. The van der Waals surface area contributed by atoms with E-state index in [2.05, 4.69) is 37.3 Å². The third kappa shape index (κ3) is 25.3. The van der Waals surface area contributed by atoms with Gasteiger partial charge in [-0.1, -0.05) is 85.2 Å². The summed E-state index contributed by atoms with van der Waals surface area (Å²) in [5, 5.41) is 0. The molecule has 0 radical (unpaired) electrons. The summed E-state index contributed by atoms with van der Waals surface area (Å²) in [5.74, 6) is 0. The maximum absolute atomic E-state index is 8.00. The summed E-state index contributed by atoms with van der Waals surface area (Å²) in [7, 11) is 0. The fraction of sp³-hybridized carbons (Fsp3) is 0.562. The molecule has 0 bridgehead atoms. The van der Waals surface area contributed by atoms with Crippen LogP contribution in [0.25, 0.3) is 0 Å². The monoisotopic (exact) mass is 240 g/mol. The van der Waals surface area contributed by atoms with Gasteiger partial charge in [0.15, 0.2) is 0 Å². The Kier molecular flexibility index (Phi) is 53.3. The van der Waals surface area contributed by atoms with E-state index in [1.165, 1.54) is 18.4 Å². The van der Waals surface area contributed by atoms with E-state index in [0.29, 0.717) is 0 Å². The molecule has 0 heterocycles. The SMILES string of the molecule is C=O.CC.CC.CC.CCCc1ccccc1. The van der Waals surface area contributed by atoms with Gasteiger partial charge in [0.2, 0.25) is 0 Å². The molecule has 1 nitrogen and oxygen atoms in total. The molecule has 0 aliphatic rings. The normalized spacial score (nSPS) is 6.29. The average molecular weight is 240 g/mol. The van der Waals surface area contributed by atoms with Crippen molar-refractivity contribution in [3.63, 3.8) is 0 Å². The Morgan fingerprint density at radius 2 is 1.18 bits per heavy atom. The van der Waals surface area contributed by atoms with Crippen LogP contribution >= 0.6 is 0 Å². The average Bonchev–Trinajstić information content (AvgIpc) is 2.49. The molecule has 0 unspecified atom stereocenters. The lowest BCUT2D eigenvalue weighted by Crippen LogP contribution is -1.78. The van der Waals surface area contributed by atoms with E-state index in [9.17, 15) is 0 Å². The van der Waals surface area contributed by atoms with Crippen LogP contribution in [0, 0.1) is 0 Å². The molecule has 0 fully saturated rings. The van der Waals surface area contributed by atoms with Crippen molar-refractivity contribution < 1.29 is 4.79 Å². The fourth-order valence-corrected chi connectivity index (χ4v) is 0.933. The number of benzene rings is 1. The summed E-state index contributed by atoms with van der Waals surface area (Å²) in [5.41, 5.74) is 1.44. The number of rotatable bonds is 2. The first-order valence-corrected chi connectivity index (χ1v) is 6.76.